The highest BCUT2D eigenvalue weighted by Gasteiger charge is 2.11. The third kappa shape index (κ3) is 3.49. The second-order valence-corrected chi connectivity index (χ2v) is 5.21. The first-order chi connectivity index (χ1) is 10.1. The van der Waals surface area contributed by atoms with Crippen LogP contribution in [-0.2, 0) is 13.1 Å². The van der Waals surface area contributed by atoms with Crippen molar-refractivity contribution in [2.45, 2.75) is 26.9 Å². The summed E-state index contributed by atoms with van der Waals surface area (Å²) in [6.45, 7) is 5.24. The second kappa shape index (κ2) is 6.83. The third-order valence-electron chi connectivity index (χ3n) is 3.46. The number of methoxy groups -OCH3 is 1. The molecule has 0 saturated heterocycles. The van der Waals surface area contributed by atoms with Crippen LogP contribution in [0.1, 0.15) is 17.0 Å². The molecule has 0 aliphatic rings. The van der Waals surface area contributed by atoms with Gasteiger partial charge in [-0.05, 0) is 32.0 Å². The van der Waals surface area contributed by atoms with Crippen LogP contribution < -0.4 is 10.1 Å². The molecule has 1 heterocycles. The molecule has 2 aromatic rings. The van der Waals surface area contributed by atoms with E-state index in [1.165, 1.54) is 0 Å². The van der Waals surface area contributed by atoms with E-state index in [0.29, 0.717) is 23.9 Å². The lowest BCUT2D eigenvalue weighted by atomic mass is 10.2. The van der Waals surface area contributed by atoms with Crippen LogP contribution in [0.3, 0.4) is 0 Å². The first kappa shape index (κ1) is 15.7. The summed E-state index contributed by atoms with van der Waals surface area (Å²) in [5, 5.41) is 17.4. The van der Waals surface area contributed by atoms with Gasteiger partial charge in [0.1, 0.15) is 5.75 Å². The number of rotatable bonds is 6. The number of nitrogens with zero attached hydrogens (tertiary/aromatic N) is 2. The fraction of sp³-hybridized carbons (Fsp3) is 0.400. The summed E-state index contributed by atoms with van der Waals surface area (Å²) in [4.78, 5) is 0. The Morgan fingerprint density at radius 2 is 2.14 bits per heavy atom. The average molecular weight is 310 g/mol. The largest absolute Gasteiger partial charge is 0.495 e. The number of hydrogen-bond acceptors (Lipinski definition) is 4. The zero-order chi connectivity index (χ0) is 15.4. The van der Waals surface area contributed by atoms with Crippen molar-refractivity contribution in [2.75, 3.05) is 19.0 Å². The van der Waals surface area contributed by atoms with E-state index in [1.54, 1.807) is 7.11 Å². The molecule has 0 unspecified atom stereocenters. The number of hydrogen-bond donors (Lipinski definition) is 2. The smallest absolute Gasteiger partial charge is 0.137 e. The maximum atomic E-state index is 9.03. The second-order valence-electron chi connectivity index (χ2n) is 4.80. The minimum Gasteiger partial charge on any atom is -0.495 e. The van der Waals surface area contributed by atoms with Crippen LogP contribution in [0.5, 0.6) is 5.75 Å². The number of nitrogens with one attached hydrogen (secondary N) is 1. The fourth-order valence-electron chi connectivity index (χ4n) is 2.27. The molecule has 0 radical (unpaired) electrons. The predicted octanol–water partition coefficient (Wildman–Crippen LogP) is 2.77. The lowest BCUT2D eigenvalue weighted by Crippen LogP contribution is -2.07. The Morgan fingerprint density at radius 3 is 2.76 bits per heavy atom. The molecule has 0 spiro atoms. The molecular formula is C15H20ClN3O2. The van der Waals surface area contributed by atoms with Gasteiger partial charge in [-0.1, -0.05) is 11.6 Å². The van der Waals surface area contributed by atoms with E-state index in [0.717, 1.165) is 22.6 Å². The monoisotopic (exact) mass is 309 g/mol. The highest BCUT2D eigenvalue weighted by atomic mass is 35.5. The van der Waals surface area contributed by atoms with Gasteiger partial charge in [-0.3, -0.25) is 4.68 Å². The Kier molecular flexibility index (Phi) is 5.09. The maximum absolute atomic E-state index is 9.03. The van der Waals surface area contributed by atoms with Gasteiger partial charge in [-0.2, -0.15) is 5.10 Å². The molecule has 1 aromatic carbocycles. The summed E-state index contributed by atoms with van der Waals surface area (Å²) >= 11 is 6.11. The van der Waals surface area contributed by atoms with Crippen molar-refractivity contribution < 1.29 is 9.84 Å². The van der Waals surface area contributed by atoms with Crippen LogP contribution in [0.2, 0.25) is 5.02 Å². The molecule has 5 nitrogen and oxygen atoms in total. The predicted molar refractivity (Wildman–Crippen MR) is 84.1 cm³/mol. The Morgan fingerprint density at radius 1 is 1.38 bits per heavy atom. The molecule has 0 aliphatic heterocycles. The Bertz CT molecular complexity index is 626. The quantitative estimate of drug-likeness (QED) is 0.861. The van der Waals surface area contributed by atoms with Gasteiger partial charge >= 0.3 is 0 Å². The normalized spacial score (nSPS) is 10.7. The van der Waals surface area contributed by atoms with E-state index >= 15 is 0 Å². The first-order valence-corrected chi connectivity index (χ1v) is 7.15. The fourth-order valence-corrected chi connectivity index (χ4v) is 2.53. The van der Waals surface area contributed by atoms with Gasteiger partial charge in [0.05, 0.1) is 31.0 Å². The Hall–Kier alpha value is -1.72. The third-order valence-corrected chi connectivity index (χ3v) is 3.76. The van der Waals surface area contributed by atoms with Crippen LogP contribution in [0.4, 0.5) is 5.69 Å². The molecule has 2 N–H and O–H groups in total. The SMILES string of the molecule is COc1ccc(NCc2c(C)nn(CCO)c2C)cc1Cl. The summed E-state index contributed by atoms with van der Waals surface area (Å²) in [5.74, 6) is 0.658. The Labute approximate surface area is 129 Å². The minimum atomic E-state index is 0.0862. The Balaban J connectivity index is 2.11. The number of halogens is 1. The highest BCUT2D eigenvalue weighted by Crippen LogP contribution is 2.27. The number of benzene rings is 1. The van der Waals surface area contributed by atoms with Gasteiger partial charge in [0, 0.05) is 23.5 Å². The zero-order valence-electron chi connectivity index (χ0n) is 12.5. The highest BCUT2D eigenvalue weighted by molar-refractivity contribution is 6.32. The van der Waals surface area contributed by atoms with Crippen molar-refractivity contribution in [2.24, 2.45) is 0 Å². The molecule has 6 heteroatoms. The molecule has 0 saturated carbocycles. The maximum Gasteiger partial charge on any atom is 0.137 e. The number of aromatic nitrogens is 2. The van der Waals surface area contributed by atoms with Crippen LogP contribution in [0.15, 0.2) is 18.2 Å². The van der Waals surface area contributed by atoms with E-state index < -0.39 is 0 Å². The number of aliphatic hydroxyl groups is 1. The van der Waals surface area contributed by atoms with E-state index in [4.69, 9.17) is 21.4 Å². The molecule has 0 amide bonds. The molecule has 114 valence electrons. The van der Waals surface area contributed by atoms with Crippen LogP contribution in [-0.4, -0.2) is 28.6 Å². The van der Waals surface area contributed by atoms with Crippen molar-refractivity contribution in [3.8, 4) is 5.75 Å². The number of aliphatic hydroxyl groups excluding tert-OH is 1. The van der Waals surface area contributed by atoms with Gasteiger partial charge < -0.3 is 15.2 Å². The summed E-state index contributed by atoms with van der Waals surface area (Å²) in [5.41, 5.74) is 4.09. The number of aryl methyl sites for hydroxylation is 1. The van der Waals surface area contributed by atoms with E-state index in [-0.39, 0.29) is 6.61 Å². The lowest BCUT2D eigenvalue weighted by molar-refractivity contribution is 0.268. The molecule has 2 rings (SSSR count). The summed E-state index contributed by atoms with van der Waals surface area (Å²) in [6, 6.07) is 5.59. The van der Waals surface area contributed by atoms with Crippen LogP contribution >= 0.6 is 11.6 Å². The molecular weight excluding hydrogens is 290 g/mol. The van der Waals surface area contributed by atoms with Crippen molar-refractivity contribution in [1.82, 2.24) is 9.78 Å². The van der Waals surface area contributed by atoms with Crippen molar-refractivity contribution in [3.05, 3.63) is 40.2 Å². The molecule has 21 heavy (non-hydrogen) atoms. The van der Waals surface area contributed by atoms with Crippen LogP contribution in [0, 0.1) is 13.8 Å². The lowest BCUT2D eigenvalue weighted by Gasteiger charge is -2.09. The average Bonchev–Trinajstić information content (AvgIpc) is 2.72. The summed E-state index contributed by atoms with van der Waals surface area (Å²) in [6.07, 6.45) is 0. The molecule has 1 aromatic heterocycles. The van der Waals surface area contributed by atoms with Gasteiger partial charge in [0.2, 0.25) is 0 Å². The number of anilines is 1. The number of ether oxygens (including phenoxy) is 1. The zero-order valence-corrected chi connectivity index (χ0v) is 13.2. The molecule has 0 bridgehead atoms. The van der Waals surface area contributed by atoms with Gasteiger partial charge in [-0.25, -0.2) is 0 Å². The van der Waals surface area contributed by atoms with Crippen molar-refractivity contribution >= 4 is 17.3 Å². The van der Waals surface area contributed by atoms with Crippen molar-refractivity contribution in [3.63, 3.8) is 0 Å². The van der Waals surface area contributed by atoms with Gasteiger partial charge in [0.15, 0.2) is 0 Å². The topological polar surface area (TPSA) is 59.3 Å². The van der Waals surface area contributed by atoms with E-state index in [1.807, 2.05) is 36.7 Å². The van der Waals surface area contributed by atoms with E-state index in [2.05, 4.69) is 10.4 Å². The molecule has 0 atom stereocenters. The minimum absolute atomic E-state index is 0.0862. The standard InChI is InChI=1S/C15H20ClN3O2/c1-10-13(11(2)19(18-10)6-7-20)9-17-12-4-5-15(21-3)14(16)8-12/h4-5,8,17,20H,6-7,9H2,1-3H3. The molecule has 0 aliphatic carbocycles. The van der Waals surface area contributed by atoms with Crippen molar-refractivity contribution in [1.29, 1.82) is 0 Å². The summed E-state index contributed by atoms with van der Waals surface area (Å²) in [7, 11) is 1.59. The molecule has 0 fully saturated rings. The summed E-state index contributed by atoms with van der Waals surface area (Å²) < 4.78 is 6.96. The van der Waals surface area contributed by atoms with Crippen LogP contribution in [0.25, 0.3) is 0 Å². The van der Waals surface area contributed by atoms with E-state index in [9.17, 15) is 0 Å². The van der Waals surface area contributed by atoms with Gasteiger partial charge in [0.25, 0.3) is 0 Å². The van der Waals surface area contributed by atoms with Gasteiger partial charge in [-0.15, -0.1) is 0 Å². The first-order valence-electron chi connectivity index (χ1n) is 6.78.